The Morgan fingerprint density at radius 3 is 2.38 bits per heavy atom. The van der Waals surface area contributed by atoms with E-state index in [1.807, 2.05) is 0 Å². The molecule has 3 aromatic carbocycles. The second kappa shape index (κ2) is 8.45. The SMILES string of the molecule is Nc1cccc(C(=O)COC(=O)c2ccc3c(c2)C(=O)N(c2cc(Cl)ccc2Cl)C3=O)c1. The lowest BCUT2D eigenvalue weighted by molar-refractivity contribution is 0.0474. The number of amides is 2. The number of halogens is 2. The van der Waals surface area contributed by atoms with E-state index < -0.39 is 30.2 Å². The Morgan fingerprint density at radius 1 is 0.875 bits per heavy atom. The zero-order valence-corrected chi connectivity index (χ0v) is 17.8. The molecular formula is C23H14Cl2N2O5. The van der Waals surface area contributed by atoms with Crippen molar-refractivity contribution in [1.82, 2.24) is 0 Å². The molecule has 0 fully saturated rings. The molecule has 0 atom stereocenters. The molecule has 1 aliphatic rings. The van der Waals surface area contributed by atoms with Gasteiger partial charge in [0, 0.05) is 16.3 Å². The number of nitrogen functional groups attached to an aromatic ring is 1. The summed E-state index contributed by atoms with van der Waals surface area (Å²) < 4.78 is 5.07. The van der Waals surface area contributed by atoms with Gasteiger partial charge in [-0.3, -0.25) is 14.4 Å². The number of hydrogen-bond acceptors (Lipinski definition) is 6. The zero-order valence-electron chi connectivity index (χ0n) is 16.3. The summed E-state index contributed by atoms with van der Waals surface area (Å²) in [5, 5.41) is 0.471. The lowest BCUT2D eigenvalue weighted by atomic mass is 10.1. The van der Waals surface area contributed by atoms with Gasteiger partial charge in [0.25, 0.3) is 11.8 Å². The highest BCUT2D eigenvalue weighted by atomic mass is 35.5. The molecule has 2 amide bonds. The van der Waals surface area contributed by atoms with Crippen LogP contribution in [0.25, 0.3) is 0 Å². The molecule has 9 heteroatoms. The number of fused-ring (bicyclic) bond motifs is 1. The maximum Gasteiger partial charge on any atom is 0.338 e. The standard InChI is InChI=1S/C23H14Cl2N2O5/c24-14-5-7-18(25)19(10-14)27-21(29)16-6-4-13(9-17(16)22(27)30)23(31)32-11-20(28)12-2-1-3-15(26)8-12/h1-10H,11,26H2. The quantitative estimate of drug-likeness (QED) is 0.257. The van der Waals surface area contributed by atoms with Crippen molar-refractivity contribution in [1.29, 1.82) is 0 Å². The van der Waals surface area contributed by atoms with Crippen LogP contribution in [0.2, 0.25) is 10.0 Å². The number of hydrogen-bond donors (Lipinski definition) is 1. The van der Waals surface area contributed by atoms with Crippen molar-refractivity contribution in [2.45, 2.75) is 0 Å². The van der Waals surface area contributed by atoms with Gasteiger partial charge in [-0.25, -0.2) is 9.69 Å². The number of Topliss-reactive ketones (excluding diaryl/α,β-unsaturated/α-hetero) is 1. The minimum Gasteiger partial charge on any atom is -0.454 e. The second-order valence-corrected chi connectivity index (χ2v) is 7.77. The molecule has 32 heavy (non-hydrogen) atoms. The van der Waals surface area contributed by atoms with E-state index >= 15 is 0 Å². The Morgan fingerprint density at radius 2 is 1.62 bits per heavy atom. The fraction of sp³-hybridized carbons (Fsp3) is 0.0435. The number of benzene rings is 3. The van der Waals surface area contributed by atoms with Crippen LogP contribution in [-0.2, 0) is 4.74 Å². The van der Waals surface area contributed by atoms with Gasteiger partial charge in [-0.15, -0.1) is 0 Å². The summed E-state index contributed by atoms with van der Waals surface area (Å²) in [5.41, 5.74) is 6.65. The average Bonchev–Trinajstić information content (AvgIpc) is 3.03. The van der Waals surface area contributed by atoms with Crippen LogP contribution in [0.1, 0.15) is 41.4 Å². The van der Waals surface area contributed by atoms with Crippen LogP contribution in [-0.4, -0.2) is 30.2 Å². The summed E-state index contributed by atoms with van der Waals surface area (Å²) in [7, 11) is 0. The molecule has 4 rings (SSSR count). The molecule has 160 valence electrons. The molecule has 0 unspecified atom stereocenters. The molecular weight excluding hydrogens is 455 g/mol. The number of carbonyl (C=O) groups is 4. The van der Waals surface area contributed by atoms with Gasteiger partial charge in [0.2, 0.25) is 0 Å². The summed E-state index contributed by atoms with van der Waals surface area (Å²) in [6.45, 7) is -0.503. The molecule has 0 bridgehead atoms. The first-order valence-electron chi connectivity index (χ1n) is 9.30. The van der Waals surface area contributed by atoms with E-state index in [1.165, 1.54) is 42.5 Å². The fourth-order valence-corrected chi connectivity index (χ4v) is 3.62. The zero-order chi connectivity index (χ0) is 23.0. The number of ether oxygens (including phenoxy) is 1. The van der Waals surface area contributed by atoms with Crippen molar-refractivity contribution in [2.24, 2.45) is 0 Å². The Labute approximate surface area is 192 Å². The highest BCUT2D eigenvalue weighted by Crippen LogP contribution is 2.35. The van der Waals surface area contributed by atoms with Crippen molar-refractivity contribution < 1.29 is 23.9 Å². The first kappa shape index (κ1) is 21.5. The number of nitrogens with zero attached hydrogens (tertiary/aromatic N) is 1. The lowest BCUT2D eigenvalue weighted by Crippen LogP contribution is -2.29. The van der Waals surface area contributed by atoms with Crippen LogP contribution in [0, 0.1) is 0 Å². The van der Waals surface area contributed by atoms with Gasteiger partial charge in [-0.2, -0.15) is 0 Å². The predicted molar refractivity (Wildman–Crippen MR) is 120 cm³/mol. The molecule has 0 aliphatic carbocycles. The molecule has 0 radical (unpaired) electrons. The number of nitrogens with two attached hydrogens (primary N) is 1. The van der Waals surface area contributed by atoms with Crippen LogP contribution in [0.4, 0.5) is 11.4 Å². The highest BCUT2D eigenvalue weighted by Gasteiger charge is 2.38. The molecule has 2 N–H and O–H groups in total. The number of imide groups is 1. The predicted octanol–water partition coefficient (Wildman–Crippen LogP) is 4.42. The van der Waals surface area contributed by atoms with Gasteiger partial charge < -0.3 is 10.5 Å². The van der Waals surface area contributed by atoms with Crippen molar-refractivity contribution in [3.8, 4) is 0 Å². The number of carbonyl (C=O) groups excluding carboxylic acids is 4. The van der Waals surface area contributed by atoms with E-state index in [0.717, 1.165) is 4.90 Å². The first-order valence-corrected chi connectivity index (χ1v) is 10.1. The summed E-state index contributed by atoms with van der Waals surface area (Å²) >= 11 is 12.1. The van der Waals surface area contributed by atoms with E-state index in [4.69, 9.17) is 33.7 Å². The van der Waals surface area contributed by atoms with Gasteiger partial charge in [0.1, 0.15) is 0 Å². The summed E-state index contributed by atoms with van der Waals surface area (Å²) in [4.78, 5) is 51.2. The van der Waals surface area contributed by atoms with Gasteiger partial charge in [0.15, 0.2) is 12.4 Å². The van der Waals surface area contributed by atoms with Gasteiger partial charge in [-0.05, 0) is 48.5 Å². The maximum atomic E-state index is 12.9. The summed E-state index contributed by atoms with van der Waals surface area (Å²) in [6.07, 6.45) is 0. The van der Waals surface area contributed by atoms with E-state index in [2.05, 4.69) is 0 Å². The topological polar surface area (TPSA) is 107 Å². The van der Waals surface area contributed by atoms with E-state index in [-0.39, 0.29) is 27.4 Å². The van der Waals surface area contributed by atoms with Crippen molar-refractivity contribution in [3.63, 3.8) is 0 Å². The first-order chi connectivity index (χ1) is 15.3. The second-order valence-electron chi connectivity index (χ2n) is 6.93. The molecule has 3 aromatic rings. The molecule has 1 heterocycles. The van der Waals surface area contributed by atoms with Crippen LogP contribution in [0.15, 0.2) is 60.7 Å². The molecule has 0 saturated carbocycles. The third-order valence-corrected chi connectivity index (χ3v) is 5.37. The monoisotopic (exact) mass is 468 g/mol. The Hall–Kier alpha value is -3.68. The number of anilines is 2. The minimum absolute atomic E-state index is 0.0163. The third-order valence-electron chi connectivity index (χ3n) is 4.81. The van der Waals surface area contributed by atoms with Crippen molar-refractivity contribution in [3.05, 3.63) is 93.0 Å². The lowest BCUT2D eigenvalue weighted by Gasteiger charge is -2.15. The molecule has 1 aliphatic heterocycles. The van der Waals surface area contributed by atoms with Crippen LogP contribution in [0.3, 0.4) is 0 Å². The third kappa shape index (κ3) is 3.95. The Kier molecular flexibility index (Phi) is 5.69. The van der Waals surface area contributed by atoms with E-state index in [0.29, 0.717) is 16.3 Å². The highest BCUT2D eigenvalue weighted by molar-refractivity contribution is 6.41. The molecule has 0 saturated heterocycles. The number of esters is 1. The van der Waals surface area contributed by atoms with Gasteiger partial charge >= 0.3 is 5.97 Å². The number of ketones is 1. The Balaban J connectivity index is 1.54. The fourth-order valence-electron chi connectivity index (χ4n) is 3.25. The normalized spacial score (nSPS) is 12.6. The van der Waals surface area contributed by atoms with Crippen molar-refractivity contribution in [2.75, 3.05) is 17.2 Å². The van der Waals surface area contributed by atoms with Crippen LogP contribution < -0.4 is 10.6 Å². The average molecular weight is 469 g/mol. The summed E-state index contributed by atoms with van der Waals surface area (Å²) in [5.74, 6) is -2.49. The van der Waals surface area contributed by atoms with Crippen LogP contribution in [0.5, 0.6) is 0 Å². The minimum atomic E-state index is -0.815. The van der Waals surface area contributed by atoms with Gasteiger partial charge in [0.05, 0.1) is 27.4 Å². The van der Waals surface area contributed by atoms with E-state index in [1.54, 1.807) is 18.2 Å². The van der Waals surface area contributed by atoms with Crippen LogP contribution >= 0.6 is 23.2 Å². The largest absolute Gasteiger partial charge is 0.454 e. The maximum absolute atomic E-state index is 12.9. The molecule has 0 aromatic heterocycles. The summed E-state index contributed by atoms with van der Waals surface area (Å²) in [6, 6.07) is 14.6. The molecule has 0 spiro atoms. The smallest absolute Gasteiger partial charge is 0.338 e. The molecule has 7 nitrogen and oxygen atoms in total. The number of rotatable bonds is 5. The van der Waals surface area contributed by atoms with E-state index in [9.17, 15) is 19.2 Å². The van der Waals surface area contributed by atoms with Gasteiger partial charge in [-0.1, -0.05) is 35.3 Å². The van der Waals surface area contributed by atoms with Crippen molar-refractivity contribution >= 4 is 58.1 Å². The Bertz CT molecular complexity index is 1310.